The Balaban J connectivity index is 2.42. The predicted molar refractivity (Wildman–Crippen MR) is 89.4 cm³/mol. The quantitative estimate of drug-likeness (QED) is 0.563. The zero-order valence-electron chi connectivity index (χ0n) is 13.8. The van der Waals surface area contributed by atoms with Crippen molar-refractivity contribution in [2.75, 3.05) is 7.11 Å². The van der Waals surface area contributed by atoms with E-state index in [9.17, 15) is 13.2 Å². The van der Waals surface area contributed by atoms with E-state index in [4.69, 9.17) is 9.94 Å². The highest BCUT2D eigenvalue weighted by Gasteiger charge is 2.33. The summed E-state index contributed by atoms with van der Waals surface area (Å²) in [5, 5.41) is 8.87. The number of hydrogen-bond donors (Lipinski definition) is 2. The van der Waals surface area contributed by atoms with Gasteiger partial charge in [-0.3, -0.25) is 15.0 Å². The number of carbonyl (C=O) groups is 1. The number of hydrogen-bond acceptors (Lipinski definition) is 6. The third-order valence-corrected chi connectivity index (χ3v) is 5.58. The van der Waals surface area contributed by atoms with Crippen LogP contribution in [0.15, 0.2) is 53.7 Å². The molecule has 1 aromatic heterocycles. The Bertz CT molecular complexity index is 809. The van der Waals surface area contributed by atoms with E-state index < -0.39 is 22.0 Å². The van der Waals surface area contributed by atoms with Gasteiger partial charge >= 0.3 is 0 Å². The van der Waals surface area contributed by atoms with Gasteiger partial charge in [-0.1, -0.05) is 6.07 Å². The number of benzene rings is 1. The Morgan fingerprint density at radius 1 is 1.32 bits per heavy atom. The SMILES string of the molecule is COc1ccc(S(=O)(=O)N(Cc2cccnc2)[C@H](C)C(=O)NO)cc1. The molecular weight excluding hydrogens is 346 g/mol. The molecule has 2 N–H and O–H groups in total. The number of sulfonamides is 1. The second-order valence-electron chi connectivity index (χ2n) is 5.24. The van der Waals surface area contributed by atoms with Crippen LogP contribution < -0.4 is 10.2 Å². The Hall–Kier alpha value is -2.49. The fourth-order valence-electron chi connectivity index (χ4n) is 2.21. The van der Waals surface area contributed by atoms with Gasteiger partial charge in [0, 0.05) is 18.9 Å². The summed E-state index contributed by atoms with van der Waals surface area (Å²) < 4.78 is 32.0. The first kappa shape index (κ1) is 18.8. The van der Waals surface area contributed by atoms with Gasteiger partial charge in [0.2, 0.25) is 10.0 Å². The zero-order valence-corrected chi connectivity index (χ0v) is 14.6. The minimum absolute atomic E-state index is 0.00906. The Morgan fingerprint density at radius 2 is 2.00 bits per heavy atom. The molecule has 0 bridgehead atoms. The summed E-state index contributed by atoms with van der Waals surface area (Å²) in [5.74, 6) is -0.320. The van der Waals surface area contributed by atoms with Crippen molar-refractivity contribution >= 4 is 15.9 Å². The van der Waals surface area contributed by atoms with E-state index in [0.717, 1.165) is 4.31 Å². The summed E-state index contributed by atoms with van der Waals surface area (Å²) in [6.07, 6.45) is 3.08. The molecule has 0 aliphatic rings. The standard InChI is InChI=1S/C16H19N3O5S/c1-12(16(20)18-21)19(11-13-4-3-9-17-10-13)25(22,23)15-7-5-14(24-2)6-8-15/h3-10,12,21H,11H2,1-2H3,(H,18,20)/t12-/m1/s1. The largest absolute Gasteiger partial charge is 0.497 e. The maximum absolute atomic E-state index is 13.0. The Labute approximate surface area is 146 Å². The normalized spacial score (nSPS) is 12.6. The van der Waals surface area contributed by atoms with Crippen LogP contribution in [0, 0.1) is 0 Å². The Morgan fingerprint density at radius 3 is 2.52 bits per heavy atom. The first-order valence-electron chi connectivity index (χ1n) is 7.39. The smallest absolute Gasteiger partial charge is 0.261 e. The number of methoxy groups -OCH3 is 1. The lowest BCUT2D eigenvalue weighted by Gasteiger charge is -2.27. The van der Waals surface area contributed by atoms with E-state index in [1.165, 1.54) is 50.0 Å². The van der Waals surface area contributed by atoms with Gasteiger partial charge in [-0.05, 0) is 42.8 Å². The molecule has 1 heterocycles. The lowest BCUT2D eigenvalue weighted by atomic mass is 10.2. The van der Waals surface area contributed by atoms with Crippen molar-refractivity contribution in [2.45, 2.75) is 24.4 Å². The fourth-order valence-corrected chi connectivity index (χ4v) is 3.79. The number of hydroxylamine groups is 1. The number of ether oxygens (including phenoxy) is 1. The van der Waals surface area contributed by atoms with Gasteiger partial charge in [0.25, 0.3) is 5.91 Å². The van der Waals surface area contributed by atoms with Crippen molar-refractivity contribution in [3.8, 4) is 5.75 Å². The van der Waals surface area contributed by atoms with Crippen molar-refractivity contribution in [2.24, 2.45) is 0 Å². The monoisotopic (exact) mass is 365 g/mol. The highest BCUT2D eigenvalue weighted by molar-refractivity contribution is 7.89. The molecule has 0 aliphatic carbocycles. The van der Waals surface area contributed by atoms with E-state index in [0.29, 0.717) is 11.3 Å². The van der Waals surface area contributed by atoms with Crippen LogP contribution in [-0.4, -0.2) is 42.0 Å². The van der Waals surface area contributed by atoms with Gasteiger partial charge in [0.15, 0.2) is 0 Å². The molecule has 1 amide bonds. The maximum Gasteiger partial charge on any atom is 0.261 e. The molecule has 0 unspecified atom stereocenters. The van der Waals surface area contributed by atoms with Crippen LogP contribution in [0.25, 0.3) is 0 Å². The van der Waals surface area contributed by atoms with Crippen molar-refractivity contribution in [3.05, 3.63) is 54.4 Å². The van der Waals surface area contributed by atoms with Gasteiger partial charge < -0.3 is 4.74 Å². The van der Waals surface area contributed by atoms with Crippen molar-refractivity contribution in [1.82, 2.24) is 14.8 Å². The van der Waals surface area contributed by atoms with E-state index in [2.05, 4.69) is 4.98 Å². The molecule has 0 spiro atoms. The molecule has 0 saturated carbocycles. The molecule has 134 valence electrons. The number of aromatic nitrogens is 1. The molecule has 0 aliphatic heterocycles. The number of nitrogens with zero attached hydrogens (tertiary/aromatic N) is 2. The van der Waals surface area contributed by atoms with E-state index in [1.807, 2.05) is 0 Å². The molecule has 1 aromatic carbocycles. The van der Waals surface area contributed by atoms with E-state index in [1.54, 1.807) is 18.3 Å². The fraction of sp³-hybridized carbons (Fsp3) is 0.250. The first-order valence-corrected chi connectivity index (χ1v) is 8.83. The lowest BCUT2D eigenvalue weighted by molar-refractivity contribution is -0.132. The van der Waals surface area contributed by atoms with Crippen LogP contribution in [-0.2, 0) is 21.4 Å². The molecule has 8 nitrogen and oxygen atoms in total. The highest BCUT2D eigenvalue weighted by atomic mass is 32.2. The maximum atomic E-state index is 13.0. The van der Waals surface area contributed by atoms with Crippen LogP contribution in [0.4, 0.5) is 0 Å². The van der Waals surface area contributed by atoms with Gasteiger partial charge in [-0.2, -0.15) is 4.31 Å². The van der Waals surface area contributed by atoms with E-state index >= 15 is 0 Å². The highest BCUT2D eigenvalue weighted by Crippen LogP contribution is 2.23. The number of amides is 1. The minimum Gasteiger partial charge on any atom is -0.497 e. The van der Waals surface area contributed by atoms with Gasteiger partial charge in [-0.25, -0.2) is 13.9 Å². The van der Waals surface area contributed by atoms with Gasteiger partial charge in [0.1, 0.15) is 11.8 Å². The molecule has 1 atom stereocenters. The molecule has 2 rings (SSSR count). The Kier molecular flexibility index (Phi) is 6.07. The predicted octanol–water partition coefficient (Wildman–Crippen LogP) is 1.17. The topological polar surface area (TPSA) is 109 Å². The second-order valence-corrected chi connectivity index (χ2v) is 7.13. The number of carbonyl (C=O) groups excluding carboxylic acids is 1. The molecule has 0 saturated heterocycles. The lowest BCUT2D eigenvalue weighted by Crippen LogP contribution is -2.46. The van der Waals surface area contributed by atoms with Gasteiger partial charge in [0.05, 0.1) is 12.0 Å². The summed E-state index contributed by atoms with van der Waals surface area (Å²) in [4.78, 5) is 15.8. The van der Waals surface area contributed by atoms with Crippen LogP contribution in [0.1, 0.15) is 12.5 Å². The molecule has 9 heteroatoms. The summed E-state index contributed by atoms with van der Waals surface area (Å²) in [6.45, 7) is 1.32. The van der Waals surface area contributed by atoms with Crippen LogP contribution >= 0.6 is 0 Å². The number of rotatable bonds is 7. The molecule has 25 heavy (non-hydrogen) atoms. The number of nitrogens with one attached hydrogen (secondary N) is 1. The van der Waals surface area contributed by atoms with Crippen molar-refractivity contribution in [1.29, 1.82) is 0 Å². The zero-order chi connectivity index (χ0) is 18.4. The average molecular weight is 365 g/mol. The summed E-state index contributed by atoms with van der Waals surface area (Å²) in [7, 11) is -2.52. The third kappa shape index (κ3) is 4.32. The van der Waals surface area contributed by atoms with Crippen LogP contribution in [0.3, 0.4) is 0 Å². The van der Waals surface area contributed by atoms with Crippen molar-refractivity contribution in [3.63, 3.8) is 0 Å². The second kappa shape index (κ2) is 8.06. The average Bonchev–Trinajstić information content (AvgIpc) is 2.65. The molecular formula is C16H19N3O5S. The summed E-state index contributed by atoms with van der Waals surface area (Å²) in [6, 6.07) is 8.08. The van der Waals surface area contributed by atoms with Crippen LogP contribution in [0.2, 0.25) is 0 Å². The van der Waals surface area contributed by atoms with Gasteiger partial charge in [-0.15, -0.1) is 0 Å². The molecule has 2 aromatic rings. The molecule has 0 fully saturated rings. The van der Waals surface area contributed by atoms with Crippen molar-refractivity contribution < 1.29 is 23.2 Å². The van der Waals surface area contributed by atoms with E-state index in [-0.39, 0.29) is 11.4 Å². The van der Waals surface area contributed by atoms with Crippen LogP contribution in [0.5, 0.6) is 5.75 Å². The summed E-state index contributed by atoms with van der Waals surface area (Å²) in [5.41, 5.74) is 2.10. The summed E-state index contributed by atoms with van der Waals surface area (Å²) >= 11 is 0. The number of pyridine rings is 1. The first-order chi connectivity index (χ1) is 11.9. The minimum atomic E-state index is -4.00. The molecule has 0 radical (unpaired) electrons. The third-order valence-electron chi connectivity index (χ3n) is 3.65.